The molecule has 0 atom stereocenters. The number of amides is 1. The van der Waals surface area contributed by atoms with E-state index in [0.717, 1.165) is 26.2 Å². The number of rotatable bonds is 5. The maximum Gasteiger partial charge on any atom is 0.277 e. The van der Waals surface area contributed by atoms with Gasteiger partial charge in [-0.2, -0.15) is 0 Å². The summed E-state index contributed by atoms with van der Waals surface area (Å²) in [4.78, 5) is 18.3. The van der Waals surface area contributed by atoms with Gasteiger partial charge in [-0.15, -0.1) is 0 Å². The molecule has 0 spiro atoms. The Morgan fingerprint density at radius 3 is 2.37 bits per heavy atom. The lowest BCUT2D eigenvalue weighted by atomic mass is 10.1. The van der Waals surface area contributed by atoms with Gasteiger partial charge in [0, 0.05) is 19.3 Å². The van der Waals surface area contributed by atoms with Crippen molar-refractivity contribution >= 4 is 11.6 Å². The second kappa shape index (κ2) is 8.57. The third-order valence-electron chi connectivity index (χ3n) is 5.75. The number of carbonyl (C=O) groups excluding carboxylic acids is 1. The first-order valence-electron chi connectivity index (χ1n) is 9.88. The van der Waals surface area contributed by atoms with Crippen molar-refractivity contribution in [2.24, 2.45) is 0 Å². The van der Waals surface area contributed by atoms with Crippen LogP contribution in [-0.4, -0.2) is 50.6 Å². The van der Waals surface area contributed by atoms with Crippen molar-refractivity contribution in [2.45, 2.75) is 27.3 Å². The molecule has 0 aliphatic carbocycles. The molecular weight excluding hydrogens is 334 g/mol. The van der Waals surface area contributed by atoms with E-state index < -0.39 is 0 Å². The van der Waals surface area contributed by atoms with Gasteiger partial charge in [0.2, 0.25) is 0 Å². The Labute approximate surface area is 163 Å². The minimum Gasteiger partial charge on any atom is -0.360 e. The standard InChI is InChI=1S/C23H31N3O/c1-18-8-10-21(11-9-18)16-24(4)23(27)17-25-12-14-26(15-13-25)22-7-5-6-19(2)20(22)3/h5-11H,12-17H2,1-4H3/p+1. The fraction of sp³-hybridized carbons (Fsp3) is 0.435. The predicted octanol–water partition coefficient (Wildman–Crippen LogP) is 1.98. The summed E-state index contributed by atoms with van der Waals surface area (Å²) in [6, 6.07) is 14.9. The number of anilines is 1. The average molecular weight is 367 g/mol. The first-order chi connectivity index (χ1) is 12.9. The maximum atomic E-state index is 12.6. The Morgan fingerprint density at radius 1 is 1.04 bits per heavy atom. The topological polar surface area (TPSA) is 28.0 Å². The van der Waals surface area contributed by atoms with Gasteiger partial charge in [-0.1, -0.05) is 42.0 Å². The van der Waals surface area contributed by atoms with Crippen molar-refractivity contribution < 1.29 is 9.69 Å². The molecule has 1 N–H and O–H groups in total. The Kier molecular flexibility index (Phi) is 6.17. The zero-order chi connectivity index (χ0) is 19.4. The summed E-state index contributed by atoms with van der Waals surface area (Å²) in [6.07, 6.45) is 0. The van der Waals surface area contributed by atoms with Crippen LogP contribution in [0.1, 0.15) is 22.3 Å². The number of hydrogen-bond acceptors (Lipinski definition) is 2. The molecule has 2 aromatic carbocycles. The third-order valence-corrected chi connectivity index (χ3v) is 5.75. The quantitative estimate of drug-likeness (QED) is 0.876. The van der Waals surface area contributed by atoms with Crippen molar-refractivity contribution in [1.29, 1.82) is 0 Å². The number of likely N-dealkylation sites (N-methyl/N-ethyl adjacent to an activating group) is 1. The van der Waals surface area contributed by atoms with E-state index in [2.05, 4.69) is 68.1 Å². The van der Waals surface area contributed by atoms with Crippen molar-refractivity contribution in [3.05, 3.63) is 64.7 Å². The lowest BCUT2D eigenvalue weighted by molar-refractivity contribution is -0.892. The normalized spacial score (nSPS) is 15.0. The zero-order valence-electron chi connectivity index (χ0n) is 17.1. The van der Waals surface area contributed by atoms with E-state index in [-0.39, 0.29) is 5.91 Å². The van der Waals surface area contributed by atoms with Crippen LogP contribution < -0.4 is 9.80 Å². The molecule has 1 aliphatic heterocycles. The summed E-state index contributed by atoms with van der Waals surface area (Å²) in [5.41, 5.74) is 6.49. The molecule has 1 saturated heterocycles. The monoisotopic (exact) mass is 366 g/mol. The van der Waals surface area contributed by atoms with Crippen LogP contribution in [0.5, 0.6) is 0 Å². The van der Waals surface area contributed by atoms with Gasteiger partial charge in [0.05, 0.1) is 26.2 Å². The van der Waals surface area contributed by atoms with E-state index in [9.17, 15) is 4.79 Å². The molecular formula is C23H32N3O+. The van der Waals surface area contributed by atoms with Crippen LogP contribution in [-0.2, 0) is 11.3 Å². The van der Waals surface area contributed by atoms with Crippen LogP contribution in [0.25, 0.3) is 0 Å². The molecule has 1 amide bonds. The summed E-state index contributed by atoms with van der Waals surface area (Å²) >= 11 is 0. The number of piperazine rings is 1. The number of nitrogens with zero attached hydrogens (tertiary/aromatic N) is 2. The van der Waals surface area contributed by atoms with Crippen LogP contribution in [0, 0.1) is 20.8 Å². The molecule has 2 aromatic rings. The van der Waals surface area contributed by atoms with Gasteiger partial charge in [0.25, 0.3) is 5.91 Å². The Bertz CT molecular complexity index is 777. The second-order valence-corrected chi connectivity index (χ2v) is 7.87. The van der Waals surface area contributed by atoms with Gasteiger partial charge in [-0.3, -0.25) is 4.79 Å². The highest BCUT2D eigenvalue weighted by atomic mass is 16.2. The Balaban J connectivity index is 1.50. The van der Waals surface area contributed by atoms with E-state index in [4.69, 9.17) is 0 Å². The summed E-state index contributed by atoms with van der Waals surface area (Å²) in [7, 11) is 1.91. The fourth-order valence-electron chi connectivity index (χ4n) is 3.72. The van der Waals surface area contributed by atoms with Crippen molar-refractivity contribution in [3.8, 4) is 0 Å². The van der Waals surface area contributed by atoms with Crippen molar-refractivity contribution in [2.75, 3.05) is 44.7 Å². The Hall–Kier alpha value is -2.33. The molecule has 3 rings (SSSR count). The minimum absolute atomic E-state index is 0.228. The predicted molar refractivity (Wildman–Crippen MR) is 111 cm³/mol. The third kappa shape index (κ3) is 4.89. The molecule has 0 bridgehead atoms. The lowest BCUT2D eigenvalue weighted by Gasteiger charge is -2.35. The van der Waals surface area contributed by atoms with E-state index >= 15 is 0 Å². The SMILES string of the molecule is Cc1ccc(CN(C)C(=O)C[NH+]2CCN(c3cccc(C)c3C)CC2)cc1. The molecule has 4 heteroatoms. The number of carbonyl (C=O) groups is 1. The summed E-state index contributed by atoms with van der Waals surface area (Å²) in [6.45, 7) is 11.8. The van der Waals surface area contributed by atoms with Crippen LogP contribution >= 0.6 is 0 Å². The highest BCUT2D eigenvalue weighted by Gasteiger charge is 2.24. The van der Waals surface area contributed by atoms with Gasteiger partial charge in [0.1, 0.15) is 0 Å². The number of quaternary nitrogens is 1. The molecule has 0 unspecified atom stereocenters. The summed E-state index contributed by atoms with van der Waals surface area (Å²) in [5, 5.41) is 0. The van der Waals surface area contributed by atoms with Gasteiger partial charge >= 0.3 is 0 Å². The van der Waals surface area contributed by atoms with Gasteiger partial charge in [0.15, 0.2) is 6.54 Å². The highest BCUT2D eigenvalue weighted by Crippen LogP contribution is 2.22. The van der Waals surface area contributed by atoms with Gasteiger partial charge < -0.3 is 14.7 Å². The first-order valence-corrected chi connectivity index (χ1v) is 9.88. The molecule has 1 heterocycles. The molecule has 0 aromatic heterocycles. The number of aryl methyl sites for hydroxylation is 2. The molecule has 0 saturated carbocycles. The van der Waals surface area contributed by atoms with Crippen molar-refractivity contribution in [1.82, 2.24) is 4.90 Å². The largest absolute Gasteiger partial charge is 0.360 e. The summed E-state index contributed by atoms with van der Waals surface area (Å²) in [5.74, 6) is 0.228. The Morgan fingerprint density at radius 2 is 1.70 bits per heavy atom. The smallest absolute Gasteiger partial charge is 0.277 e. The number of nitrogens with one attached hydrogen (secondary N) is 1. The van der Waals surface area contributed by atoms with Gasteiger partial charge in [-0.05, 0) is 43.5 Å². The second-order valence-electron chi connectivity index (χ2n) is 7.87. The molecule has 144 valence electrons. The van der Waals surface area contributed by atoms with Crippen LogP contribution in [0.2, 0.25) is 0 Å². The highest BCUT2D eigenvalue weighted by molar-refractivity contribution is 5.76. The molecule has 1 aliphatic rings. The van der Waals surface area contributed by atoms with E-state index in [0.29, 0.717) is 13.1 Å². The summed E-state index contributed by atoms with van der Waals surface area (Å²) < 4.78 is 0. The molecule has 0 radical (unpaired) electrons. The van der Waals surface area contributed by atoms with E-state index in [1.165, 1.54) is 32.8 Å². The molecule has 27 heavy (non-hydrogen) atoms. The lowest BCUT2D eigenvalue weighted by Crippen LogP contribution is -3.15. The minimum atomic E-state index is 0.228. The van der Waals surface area contributed by atoms with Crippen LogP contribution in [0.4, 0.5) is 5.69 Å². The van der Waals surface area contributed by atoms with E-state index in [1.807, 2.05) is 11.9 Å². The van der Waals surface area contributed by atoms with Crippen LogP contribution in [0.3, 0.4) is 0 Å². The first kappa shape index (κ1) is 19.4. The van der Waals surface area contributed by atoms with Gasteiger partial charge in [-0.25, -0.2) is 0 Å². The fourth-order valence-corrected chi connectivity index (χ4v) is 3.72. The number of hydrogen-bond donors (Lipinski definition) is 1. The van der Waals surface area contributed by atoms with Crippen LogP contribution in [0.15, 0.2) is 42.5 Å². The number of benzene rings is 2. The zero-order valence-corrected chi connectivity index (χ0v) is 17.1. The maximum absolute atomic E-state index is 12.6. The average Bonchev–Trinajstić information content (AvgIpc) is 2.66. The van der Waals surface area contributed by atoms with Crippen molar-refractivity contribution in [3.63, 3.8) is 0 Å². The van der Waals surface area contributed by atoms with E-state index in [1.54, 1.807) is 0 Å². The molecule has 1 fully saturated rings. The molecule has 4 nitrogen and oxygen atoms in total.